The van der Waals surface area contributed by atoms with Crippen LogP contribution in [-0.2, 0) is 0 Å². The molecule has 1 saturated carbocycles. The van der Waals surface area contributed by atoms with Crippen LogP contribution in [-0.4, -0.2) is 6.54 Å². The molecule has 0 aliphatic heterocycles. The Morgan fingerprint density at radius 2 is 2.12 bits per heavy atom. The van der Waals surface area contributed by atoms with Crippen molar-refractivity contribution in [3.8, 4) is 0 Å². The van der Waals surface area contributed by atoms with Crippen LogP contribution in [0.1, 0.15) is 31.9 Å². The smallest absolute Gasteiger partial charge is 0.0468 e. The highest BCUT2D eigenvalue weighted by Crippen LogP contribution is 2.37. The van der Waals surface area contributed by atoms with Crippen molar-refractivity contribution in [1.82, 2.24) is 5.32 Å². The Hall–Kier alpha value is -0.240. The summed E-state index contributed by atoms with van der Waals surface area (Å²) in [6.45, 7) is 5.52. The van der Waals surface area contributed by atoms with Gasteiger partial charge in [-0.2, -0.15) is 0 Å². The molecular weight excluding hydrogens is 241 g/mol. The van der Waals surface area contributed by atoms with E-state index in [0.29, 0.717) is 5.02 Å². The van der Waals surface area contributed by atoms with E-state index < -0.39 is 0 Å². The number of hydrogen-bond acceptors (Lipinski definition) is 1. The third kappa shape index (κ3) is 2.91. The monoisotopic (exact) mass is 257 g/mol. The molecule has 0 bridgehead atoms. The standard InChI is InChI=1S/C13H17Cl2N/c1-8-5-10(8)7-16-9(2)12-4-3-11(14)6-13(12)15/h3-4,6,8-10,16H,5,7H2,1-2H3. The van der Waals surface area contributed by atoms with Crippen LogP contribution in [0.25, 0.3) is 0 Å². The summed E-state index contributed by atoms with van der Waals surface area (Å²) < 4.78 is 0. The highest BCUT2D eigenvalue weighted by atomic mass is 35.5. The van der Waals surface area contributed by atoms with E-state index in [-0.39, 0.29) is 6.04 Å². The fourth-order valence-electron chi connectivity index (χ4n) is 1.97. The average Bonchev–Trinajstić information content (AvgIpc) is 2.91. The lowest BCUT2D eigenvalue weighted by molar-refractivity contribution is 0.535. The van der Waals surface area contributed by atoms with Crippen LogP contribution < -0.4 is 5.32 Å². The lowest BCUT2D eigenvalue weighted by Crippen LogP contribution is -2.21. The summed E-state index contributed by atoms with van der Waals surface area (Å²) in [4.78, 5) is 0. The summed E-state index contributed by atoms with van der Waals surface area (Å²) in [6.07, 6.45) is 1.36. The molecule has 1 aromatic rings. The van der Waals surface area contributed by atoms with Crippen LogP contribution in [0.15, 0.2) is 18.2 Å². The van der Waals surface area contributed by atoms with Crippen molar-refractivity contribution in [2.75, 3.05) is 6.54 Å². The van der Waals surface area contributed by atoms with E-state index in [1.165, 1.54) is 6.42 Å². The molecule has 1 N–H and O–H groups in total. The summed E-state index contributed by atoms with van der Waals surface area (Å²) >= 11 is 12.0. The van der Waals surface area contributed by atoms with Gasteiger partial charge < -0.3 is 5.32 Å². The van der Waals surface area contributed by atoms with Crippen molar-refractivity contribution in [1.29, 1.82) is 0 Å². The van der Waals surface area contributed by atoms with Gasteiger partial charge in [0.2, 0.25) is 0 Å². The van der Waals surface area contributed by atoms with Crippen molar-refractivity contribution in [3.63, 3.8) is 0 Å². The van der Waals surface area contributed by atoms with E-state index in [9.17, 15) is 0 Å². The summed E-state index contributed by atoms with van der Waals surface area (Å²) in [5.74, 6) is 1.74. The van der Waals surface area contributed by atoms with Gasteiger partial charge in [-0.25, -0.2) is 0 Å². The van der Waals surface area contributed by atoms with E-state index in [4.69, 9.17) is 23.2 Å². The van der Waals surface area contributed by atoms with Gasteiger partial charge in [0.05, 0.1) is 0 Å². The van der Waals surface area contributed by atoms with E-state index in [1.54, 1.807) is 6.07 Å². The number of benzene rings is 1. The van der Waals surface area contributed by atoms with E-state index in [0.717, 1.165) is 29.0 Å². The summed E-state index contributed by atoms with van der Waals surface area (Å²) in [5.41, 5.74) is 1.12. The quantitative estimate of drug-likeness (QED) is 0.849. The first-order valence-electron chi connectivity index (χ1n) is 5.76. The Labute approximate surface area is 107 Å². The van der Waals surface area contributed by atoms with Crippen molar-refractivity contribution in [2.45, 2.75) is 26.3 Å². The van der Waals surface area contributed by atoms with Crippen LogP contribution in [0.4, 0.5) is 0 Å². The van der Waals surface area contributed by atoms with Gasteiger partial charge in [-0.1, -0.05) is 36.2 Å². The van der Waals surface area contributed by atoms with Gasteiger partial charge in [-0.15, -0.1) is 0 Å². The predicted molar refractivity (Wildman–Crippen MR) is 70.2 cm³/mol. The number of hydrogen-bond donors (Lipinski definition) is 1. The fraction of sp³-hybridized carbons (Fsp3) is 0.538. The molecule has 0 aromatic heterocycles. The molecular formula is C13H17Cl2N. The Balaban J connectivity index is 1.94. The van der Waals surface area contributed by atoms with Gasteiger partial charge in [-0.05, 0) is 49.4 Å². The van der Waals surface area contributed by atoms with E-state index >= 15 is 0 Å². The normalized spacial score (nSPS) is 25.5. The minimum absolute atomic E-state index is 0.289. The second kappa shape index (κ2) is 4.95. The van der Waals surface area contributed by atoms with Gasteiger partial charge in [-0.3, -0.25) is 0 Å². The molecule has 2 rings (SSSR count). The Morgan fingerprint density at radius 1 is 1.44 bits per heavy atom. The molecule has 1 nitrogen and oxygen atoms in total. The topological polar surface area (TPSA) is 12.0 Å². The molecule has 88 valence electrons. The van der Waals surface area contributed by atoms with Gasteiger partial charge in [0.1, 0.15) is 0 Å². The molecule has 0 saturated heterocycles. The van der Waals surface area contributed by atoms with E-state index in [1.807, 2.05) is 12.1 Å². The SMILES string of the molecule is CC(NCC1CC1C)c1ccc(Cl)cc1Cl. The third-order valence-corrected chi connectivity index (χ3v) is 3.95. The Morgan fingerprint density at radius 3 is 2.69 bits per heavy atom. The molecule has 3 atom stereocenters. The van der Waals surface area contributed by atoms with Crippen LogP contribution in [0.5, 0.6) is 0 Å². The number of rotatable bonds is 4. The largest absolute Gasteiger partial charge is 0.310 e. The van der Waals surface area contributed by atoms with Gasteiger partial charge >= 0.3 is 0 Å². The summed E-state index contributed by atoms with van der Waals surface area (Å²) in [7, 11) is 0. The molecule has 1 aromatic carbocycles. The van der Waals surface area contributed by atoms with Gasteiger partial charge in [0.15, 0.2) is 0 Å². The minimum Gasteiger partial charge on any atom is -0.310 e. The molecule has 1 fully saturated rings. The first-order chi connectivity index (χ1) is 7.58. The fourth-order valence-corrected chi connectivity index (χ4v) is 2.55. The maximum absolute atomic E-state index is 6.16. The Bertz CT molecular complexity index is 378. The van der Waals surface area contributed by atoms with Crippen LogP contribution in [0.3, 0.4) is 0 Å². The Kier molecular flexibility index (Phi) is 3.78. The van der Waals surface area contributed by atoms with Crippen LogP contribution in [0.2, 0.25) is 10.0 Å². The molecule has 0 amide bonds. The third-order valence-electron chi connectivity index (χ3n) is 3.39. The molecule has 0 spiro atoms. The molecule has 1 aliphatic carbocycles. The van der Waals surface area contributed by atoms with Gasteiger partial charge in [0, 0.05) is 16.1 Å². The highest BCUT2D eigenvalue weighted by Gasteiger charge is 2.32. The van der Waals surface area contributed by atoms with Crippen molar-refractivity contribution in [3.05, 3.63) is 33.8 Å². The second-order valence-corrected chi connectivity index (χ2v) is 5.61. The molecule has 16 heavy (non-hydrogen) atoms. The number of halogens is 2. The maximum Gasteiger partial charge on any atom is 0.0468 e. The molecule has 3 unspecified atom stereocenters. The molecule has 1 aliphatic rings. The zero-order valence-corrected chi connectivity index (χ0v) is 11.1. The number of nitrogens with one attached hydrogen (secondary N) is 1. The first-order valence-corrected chi connectivity index (χ1v) is 6.52. The molecule has 0 heterocycles. The second-order valence-electron chi connectivity index (χ2n) is 4.77. The zero-order chi connectivity index (χ0) is 11.7. The van der Waals surface area contributed by atoms with Crippen molar-refractivity contribution < 1.29 is 0 Å². The average molecular weight is 258 g/mol. The lowest BCUT2D eigenvalue weighted by Gasteiger charge is -2.15. The van der Waals surface area contributed by atoms with E-state index in [2.05, 4.69) is 19.2 Å². The van der Waals surface area contributed by atoms with Crippen LogP contribution >= 0.6 is 23.2 Å². The molecule has 3 heteroatoms. The zero-order valence-electron chi connectivity index (χ0n) is 9.63. The highest BCUT2D eigenvalue weighted by molar-refractivity contribution is 6.35. The van der Waals surface area contributed by atoms with Crippen LogP contribution in [0, 0.1) is 11.8 Å². The van der Waals surface area contributed by atoms with Crippen molar-refractivity contribution in [2.24, 2.45) is 11.8 Å². The predicted octanol–water partition coefficient (Wildman–Crippen LogP) is 4.30. The van der Waals surface area contributed by atoms with Crippen molar-refractivity contribution >= 4 is 23.2 Å². The minimum atomic E-state index is 0.289. The summed E-state index contributed by atoms with van der Waals surface area (Å²) in [6, 6.07) is 5.98. The summed E-state index contributed by atoms with van der Waals surface area (Å²) in [5, 5.41) is 4.96. The first kappa shape index (κ1) is 12.2. The molecule has 0 radical (unpaired) electrons. The van der Waals surface area contributed by atoms with Gasteiger partial charge in [0.25, 0.3) is 0 Å². The lowest BCUT2D eigenvalue weighted by atomic mass is 10.1. The maximum atomic E-state index is 6.16.